The molecule has 0 saturated heterocycles. The number of carbonyl (C=O) groups is 1. The lowest BCUT2D eigenvalue weighted by Crippen LogP contribution is -2.05. The van der Waals surface area contributed by atoms with E-state index in [1.54, 1.807) is 0 Å². The monoisotopic (exact) mass is 274 g/mol. The average molecular weight is 274 g/mol. The first-order valence-corrected chi connectivity index (χ1v) is 6.29. The summed E-state index contributed by atoms with van der Waals surface area (Å²) in [6.07, 6.45) is 0. The molecule has 0 fully saturated rings. The van der Waals surface area contributed by atoms with Crippen molar-refractivity contribution < 1.29 is 28.0 Å². The lowest BCUT2D eigenvalue weighted by atomic mass is 10.2. The molecular weight excluding hydrogens is 264 g/mol. The number of aromatic hydroxyl groups is 1. The summed E-state index contributed by atoms with van der Waals surface area (Å²) in [5.41, 5.74) is -0.179. The van der Waals surface area contributed by atoms with Gasteiger partial charge in [-0.25, -0.2) is 4.79 Å². The van der Waals surface area contributed by atoms with Crippen molar-refractivity contribution in [2.24, 2.45) is 10.2 Å². The zero-order valence-corrected chi connectivity index (χ0v) is 9.83. The van der Waals surface area contributed by atoms with E-state index in [2.05, 4.69) is 10.2 Å². The van der Waals surface area contributed by atoms with Gasteiger partial charge >= 0.3 is 5.97 Å². The van der Waals surface area contributed by atoms with Crippen LogP contribution in [0.25, 0.3) is 0 Å². The van der Waals surface area contributed by atoms with Gasteiger partial charge in [-0.3, -0.25) is 4.55 Å². The number of hydrogen-bond acceptors (Lipinski definition) is 6. The fraction of sp³-hybridized carbons (Fsp3) is 0.222. The molecule has 0 amide bonds. The smallest absolute Gasteiger partial charge is 0.339 e. The van der Waals surface area contributed by atoms with Gasteiger partial charge in [0, 0.05) is 0 Å². The Morgan fingerprint density at radius 2 is 2.00 bits per heavy atom. The third-order valence-electron chi connectivity index (χ3n) is 1.85. The van der Waals surface area contributed by atoms with Crippen molar-refractivity contribution in [2.45, 2.75) is 0 Å². The summed E-state index contributed by atoms with van der Waals surface area (Å²) in [4.78, 5) is 10.7. The number of hydrogen-bond donors (Lipinski definition) is 3. The van der Waals surface area contributed by atoms with Crippen molar-refractivity contribution in [3.8, 4) is 5.75 Å². The van der Waals surface area contributed by atoms with E-state index in [9.17, 15) is 18.3 Å². The lowest BCUT2D eigenvalue weighted by molar-refractivity contribution is 0.0693. The van der Waals surface area contributed by atoms with Gasteiger partial charge in [0.15, 0.2) is 0 Å². The van der Waals surface area contributed by atoms with E-state index in [0.717, 1.165) is 12.1 Å². The van der Waals surface area contributed by atoms with Crippen LogP contribution in [0.4, 0.5) is 5.69 Å². The van der Waals surface area contributed by atoms with Gasteiger partial charge in [0.05, 0.1) is 18.0 Å². The molecule has 0 aliphatic heterocycles. The van der Waals surface area contributed by atoms with Crippen molar-refractivity contribution >= 4 is 21.8 Å². The quantitative estimate of drug-likeness (QED) is 0.542. The normalized spacial score (nSPS) is 11.8. The third kappa shape index (κ3) is 4.47. The first-order valence-electron chi connectivity index (χ1n) is 4.68. The summed E-state index contributed by atoms with van der Waals surface area (Å²) in [6.45, 7) is -0.248. The number of benzene rings is 1. The van der Waals surface area contributed by atoms with Crippen LogP contribution in [-0.4, -0.2) is 41.5 Å². The standard InChI is InChI=1S/C9H10N2O6S/c12-8-2-1-6(5-7(8)9(13)14)11-10-3-4-18(15,16)17/h1-2,5,12H,3-4H2,(H,13,14)(H,15,16,17)/b11-10+. The van der Waals surface area contributed by atoms with E-state index in [-0.39, 0.29) is 17.8 Å². The van der Waals surface area contributed by atoms with Gasteiger partial charge in [-0.1, -0.05) is 0 Å². The molecule has 1 rings (SSSR count). The van der Waals surface area contributed by atoms with Crippen LogP contribution in [-0.2, 0) is 10.1 Å². The number of nitrogens with zero attached hydrogens (tertiary/aromatic N) is 2. The third-order valence-corrected chi connectivity index (χ3v) is 2.54. The first kappa shape index (κ1) is 14.1. The largest absolute Gasteiger partial charge is 0.507 e. The van der Waals surface area contributed by atoms with E-state index in [1.165, 1.54) is 6.07 Å². The number of phenols is 1. The Bertz CT molecular complexity index is 581. The number of rotatable bonds is 5. The molecule has 0 bridgehead atoms. The van der Waals surface area contributed by atoms with Crippen LogP contribution in [0, 0.1) is 0 Å². The summed E-state index contributed by atoms with van der Waals surface area (Å²) in [7, 11) is -4.09. The Hall–Kier alpha value is -2.00. The second-order valence-electron chi connectivity index (χ2n) is 3.26. The Balaban J connectivity index is 2.77. The molecule has 0 spiro atoms. The molecule has 1 aromatic rings. The number of azo groups is 1. The minimum absolute atomic E-state index is 0.153. The maximum atomic E-state index is 10.7. The molecule has 1 aromatic carbocycles. The van der Waals surface area contributed by atoms with Crippen LogP contribution in [0.5, 0.6) is 5.75 Å². The summed E-state index contributed by atoms with van der Waals surface area (Å²) in [5.74, 6) is -2.29. The predicted octanol–water partition coefficient (Wildman–Crippen LogP) is 1.06. The molecular formula is C9H10N2O6S. The van der Waals surface area contributed by atoms with Gasteiger partial charge < -0.3 is 10.2 Å². The zero-order valence-electron chi connectivity index (χ0n) is 9.02. The Morgan fingerprint density at radius 3 is 2.56 bits per heavy atom. The van der Waals surface area contributed by atoms with Crippen LogP contribution in [0.1, 0.15) is 10.4 Å². The number of carboxylic acids is 1. The van der Waals surface area contributed by atoms with Gasteiger partial charge in [0.25, 0.3) is 10.1 Å². The van der Waals surface area contributed by atoms with Crippen LogP contribution < -0.4 is 0 Å². The first-order chi connectivity index (χ1) is 8.29. The Kier molecular flexibility index (Phi) is 4.34. The van der Waals surface area contributed by atoms with Gasteiger partial charge in [0.2, 0.25) is 0 Å². The van der Waals surface area contributed by atoms with E-state index < -0.39 is 27.6 Å². The highest BCUT2D eigenvalue weighted by Gasteiger charge is 2.09. The van der Waals surface area contributed by atoms with Crippen molar-refractivity contribution in [1.82, 2.24) is 0 Å². The van der Waals surface area contributed by atoms with Crippen molar-refractivity contribution in [3.05, 3.63) is 23.8 Å². The minimum atomic E-state index is -4.09. The van der Waals surface area contributed by atoms with E-state index >= 15 is 0 Å². The number of aromatic carboxylic acids is 1. The molecule has 98 valence electrons. The second-order valence-corrected chi connectivity index (χ2v) is 4.83. The van der Waals surface area contributed by atoms with Crippen LogP contribution >= 0.6 is 0 Å². The average Bonchev–Trinajstić information content (AvgIpc) is 2.24. The second kappa shape index (κ2) is 5.56. The minimum Gasteiger partial charge on any atom is -0.507 e. The van der Waals surface area contributed by atoms with Crippen molar-refractivity contribution in [1.29, 1.82) is 0 Å². The van der Waals surface area contributed by atoms with Gasteiger partial charge in [-0.2, -0.15) is 18.6 Å². The molecule has 0 aliphatic carbocycles. The molecule has 0 aliphatic rings. The maximum absolute atomic E-state index is 10.7. The Labute approximate surface area is 102 Å². The van der Waals surface area contributed by atoms with E-state index in [4.69, 9.17) is 9.66 Å². The highest BCUT2D eigenvalue weighted by molar-refractivity contribution is 7.85. The van der Waals surface area contributed by atoms with E-state index in [0.29, 0.717) is 0 Å². The molecule has 0 radical (unpaired) electrons. The van der Waals surface area contributed by atoms with Crippen LogP contribution in [0.15, 0.2) is 28.4 Å². The summed E-state index contributed by atoms with van der Waals surface area (Å²) < 4.78 is 29.2. The molecule has 18 heavy (non-hydrogen) atoms. The molecule has 0 unspecified atom stereocenters. The van der Waals surface area contributed by atoms with Gasteiger partial charge in [-0.05, 0) is 18.2 Å². The summed E-state index contributed by atoms with van der Waals surface area (Å²) in [6, 6.07) is 3.55. The molecule has 3 N–H and O–H groups in total. The van der Waals surface area contributed by atoms with Crippen LogP contribution in [0.2, 0.25) is 0 Å². The van der Waals surface area contributed by atoms with Crippen molar-refractivity contribution in [2.75, 3.05) is 12.3 Å². The molecule has 0 atom stereocenters. The zero-order chi connectivity index (χ0) is 13.8. The molecule has 8 nitrogen and oxygen atoms in total. The number of carboxylic acid groups (broad SMARTS) is 1. The van der Waals surface area contributed by atoms with E-state index in [1.807, 2.05) is 0 Å². The molecule has 0 saturated carbocycles. The highest BCUT2D eigenvalue weighted by Crippen LogP contribution is 2.23. The fourth-order valence-corrected chi connectivity index (χ4v) is 1.36. The Morgan fingerprint density at radius 1 is 1.33 bits per heavy atom. The van der Waals surface area contributed by atoms with Crippen LogP contribution in [0.3, 0.4) is 0 Å². The summed E-state index contributed by atoms with van der Waals surface area (Å²) in [5, 5.41) is 25.0. The lowest BCUT2D eigenvalue weighted by Gasteiger charge is -1.99. The SMILES string of the molecule is O=C(O)c1cc(/N=N/CCS(=O)(=O)O)ccc1O. The molecule has 0 heterocycles. The topological polar surface area (TPSA) is 137 Å². The predicted molar refractivity (Wildman–Crippen MR) is 60.9 cm³/mol. The van der Waals surface area contributed by atoms with Gasteiger partial charge in [-0.15, -0.1) is 0 Å². The molecule has 0 aromatic heterocycles. The van der Waals surface area contributed by atoms with Gasteiger partial charge in [0.1, 0.15) is 11.3 Å². The maximum Gasteiger partial charge on any atom is 0.339 e. The summed E-state index contributed by atoms with van der Waals surface area (Å²) >= 11 is 0. The highest BCUT2D eigenvalue weighted by atomic mass is 32.2. The molecule has 9 heteroatoms. The van der Waals surface area contributed by atoms with Crippen molar-refractivity contribution in [3.63, 3.8) is 0 Å². The fourth-order valence-electron chi connectivity index (χ4n) is 1.05.